The third kappa shape index (κ3) is 3.04. The van der Waals surface area contributed by atoms with Crippen LogP contribution in [0.1, 0.15) is 36.5 Å². The van der Waals surface area contributed by atoms with E-state index in [-0.39, 0.29) is 5.63 Å². The molecule has 2 aromatic heterocycles. The molecule has 102 valence electrons. The van der Waals surface area contributed by atoms with Crippen molar-refractivity contribution in [2.24, 2.45) is 0 Å². The minimum absolute atomic E-state index is 0.368. The van der Waals surface area contributed by atoms with Crippen LogP contribution < -0.4 is 11.4 Å². The van der Waals surface area contributed by atoms with Gasteiger partial charge in [0.2, 0.25) is 0 Å². The van der Waals surface area contributed by atoms with Gasteiger partial charge in [-0.25, -0.2) is 9.78 Å². The van der Waals surface area contributed by atoms with Crippen molar-refractivity contribution >= 4 is 27.2 Å². The normalized spacial score (nSPS) is 11.0. The van der Waals surface area contributed by atoms with Crippen molar-refractivity contribution < 1.29 is 4.42 Å². The highest BCUT2D eigenvalue weighted by Crippen LogP contribution is 2.29. The highest BCUT2D eigenvalue weighted by molar-refractivity contribution is 7.19. The van der Waals surface area contributed by atoms with Gasteiger partial charge in [0.1, 0.15) is 10.2 Å². The van der Waals surface area contributed by atoms with Crippen LogP contribution in [-0.4, -0.2) is 4.98 Å². The number of allylic oxidation sites excluding steroid dienone is 1. The van der Waals surface area contributed by atoms with E-state index in [1.54, 1.807) is 0 Å². The first-order valence-corrected chi connectivity index (χ1v) is 7.24. The molecular formula is C14H18N2O2S. The van der Waals surface area contributed by atoms with E-state index in [0.29, 0.717) is 28.2 Å². The van der Waals surface area contributed by atoms with Crippen LogP contribution in [0.25, 0.3) is 10.2 Å². The zero-order valence-corrected chi connectivity index (χ0v) is 11.9. The maximum Gasteiger partial charge on any atom is 0.349 e. The molecule has 0 aliphatic heterocycles. The third-order valence-electron chi connectivity index (χ3n) is 3.05. The van der Waals surface area contributed by atoms with E-state index >= 15 is 0 Å². The molecule has 0 atom stereocenters. The van der Waals surface area contributed by atoms with Gasteiger partial charge in [-0.1, -0.05) is 12.5 Å². The monoisotopic (exact) mass is 278 g/mol. The predicted molar refractivity (Wildman–Crippen MR) is 79.7 cm³/mol. The minimum Gasteiger partial charge on any atom is -0.408 e. The number of aryl methyl sites for hydroxylation is 2. The molecule has 0 bridgehead atoms. The highest BCUT2D eigenvalue weighted by atomic mass is 32.1. The largest absolute Gasteiger partial charge is 0.408 e. The summed E-state index contributed by atoms with van der Waals surface area (Å²) in [5.41, 5.74) is 5.98. The Morgan fingerprint density at radius 2 is 2.21 bits per heavy atom. The van der Waals surface area contributed by atoms with Crippen LogP contribution in [0.4, 0.5) is 5.69 Å². The van der Waals surface area contributed by atoms with Crippen LogP contribution in [0.3, 0.4) is 0 Å². The molecule has 2 aromatic rings. The van der Waals surface area contributed by atoms with E-state index in [4.69, 9.17) is 10.2 Å². The van der Waals surface area contributed by atoms with Crippen molar-refractivity contribution in [1.29, 1.82) is 0 Å². The summed E-state index contributed by atoms with van der Waals surface area (Å²) < 4.78 is 5.23. The van der Waals surface area contributed by atoms with Crippen molar-refractivity contribution in [1.82, 2.24) is 4.98 Å². The lowest BCUT2D eigenvalue weighted by molar-refractivity contribution is 0.436. The lowest BCUT2D eigenvalue weighted by Gasteiger charge is -1.99. The fourth-order valence-corrected chi connectivity index (χ4v) is 2.91. The lowest BCUT2D eigenvalue weighted by Crippen LogP contribution is -2.05. The summed E-state index contributed by atoms with van der Waals surface area (Å²) in [7, 11) is 0. The molecule has 0 fully saturated rings. The molecule has 0 saturated heterocycles. The number of nitrogens with two attached hydrogens (primary N) is 1. The molecule has 19 heavy (non-hydrogen) atoms. The molecule has 5 heteroatoms. The van der Waals surface area contributed by atoms with Gasteiger partial charge in [0.05, 0.1) is 5.69 Å². The van der Waals surface area contributed by atoms with Gasteiger partial charge >= 0.3 is 5.63 Å². The highest BCUT2D eigenvalue weighted by Gasteiger charge is 2.13. The summed E-state index contributed by atoms with van der Waals surface area (Å²) in [5, 5.41) is 0.429. The molecule has 0 saturated carbocycles. The van der Waals surface area contributed by atoms with Gasteiger partial charge in [0.15, 0.2) is 5.89 Å². The van der Waals surface area contributed by atoms with E-state index in [2.05, 4.69) is 11.6 Å². The maximum atomic E-state index is 11.9. The smallest absolute Gasteiger partial charge is 0.349 e. The fraction of sp³-hybridized carbons (Fsp3) is 0.429. The van der Waals surface area contributed by atoms with Crippen molar-refractivity contribution in [3.05, 3.63) is 33.8 Å². The van der Waals surface area contributed by atoms with Gasteiger partial charge in [0, 0.05) is 11.3 Å². The number of nitrogen functional groups attached to an aromatic ring is 1. The number of rotatable bonds is 6. The number of anilines is 1. The first kappa shape index (κ1) is 13.8. The molecule has 2 N–H and O–H groups in total. The second-order valence-corrected chi connectivity index (χ2v) is 5.74. The topological polar surface area (TPSA) is 69.1 Å². The summed E-state index contributed by atoms with van der Waals surface area (Å²) in [6.45, 7) is 5.58. The van der Waals surface area contributed by atoms with Gasteiger partial charge in [-0.3, -0.25) is 0 Å². The van der Waals surface area contributed by atoms with Gasteiger partial charge in [0.25, 0.3) is 0 Å². The van der Waals surface area contributed by atoms with Crippen molar-refractivity contribution in [2.75, 3.05) is 5.73 Å². The zero-order valence-electron chi connectivity index (χ0n) is 11.1. The molecular weight excluding hydrogens is 260 g/mol. The average molecular weight is 278 g/mol. The molecule has 2 heterocycles. The molecule has 0 radical (unpaired) electrons. The van der Waals surface area contributed by atoms with Gasteiger partial charge in [-0.2, -0.15) is 0 Å². The predicted octanol–water partition coefficient (Wildman–Crippen LogP) is 3.43. The van der Waals surface area contributed by atoms with Crippen molar-refractivity contribution in [3.63, 3.8) is 0 Å². The minimum atomic E-state index is -0.368. The molecule has 0 unspecified atom stereocenters. The standard InChI is InChI=1S/C14H18N2O2S/c1-3-4-5-6-7-8-10-16-13-11(14(17)18-10)12(15)9(2)19-13/h3H,1,4-8,15H2,2H3. The number of fused-ring (bicyclic) bond motifs is 1. The van der Waals surface area contributed by atoms with E-state index in [1.165, 1.54) is 11.3 Å². The maximum absolute atomic E-state index is 11.9. The summed E-state index contributed by atoms with van der Waals surface area (Å²) >= 11 is 1.45. The number of hydrogen-bond acceptors (Lipinski definition) is 5. The second-order valence-electron chi connectivity index (χ2n) is 4.54. The van der Waals surface area contributed by atoms with Gasteiger partial charge in [-0.05, 0) is 26.2 Å². The quantitative estimate of drug-likeness (QED) is 0.649. The Morgan fingerprint density at radius 3 is 2.95 bits per heavy atom. The number of hydrogen-bond donors (Lipinski definition) is 1. The average Bonchev–Trinajstić information content (AvgIpc) is 2.65. The first-order valence-electron chi connectivity index (χ1n) is 6.43. The van der Waals surface area contributed by atoms with Crippen LogP contribution in [0.15, 0.2) is 21.9 Å². The lowest BCUT2D eigenvalue weighted by atomic mass is 10.1. The summed E-state index contributed by atoms with van der Waals surface area (Å²) in [6.07, 6.45) is 6.80. The van der Waals surface area contributed by atoms with Crippen LogP contribution in [0.2, 0.25) is 0 Å². The number of aromatic nitrogens is 1. The van der Waals surface area contributed by atoms with E-state index in [9.17, 15) is 4.79 Å². The molecule has 0 aliphatic rings. The van der Waals surface area contributed by atoms with Crippen LogP contribution in [0, 0.1) is 6.92 Å². The fourth-order valence-electron chi connectivity index (χ4n) is 1.96. The zero-order chi connectivity index (χ0) is 13.8. The Labute approximate surface area is 116 Å². The molecule has 0 aliphatic carbocycles. The molecule has 0 spiro atoms. The Balaban J connectivity index is 2.13. The molecule has 2 rings (SSSR count). The number of thiophene rings is 1. The van der Waals surface area contributed by atoms with Crippen LogP contribution >= 0.6 is 11.3 Å². The molecule has 0 amide bonds. The molecule has 4 nitrogen and oxygen atoms in total. The summed E-state index contributed by atoms with van der Waals surface area (Å²) in [5.74, 6) is 0.511. The van der Waals surface area contributed by atoms with Crippen molar-refractivity contribution in [3.8, 4) is 0 Å². The Kier molecular flexibility index (Phi) is 4.37. The summed E-state index contributed by atoms with van der Waals surface area (Å²) in [6, 6.07) is 0. The Bertz CT molecular complexity index is 643. The van der Waals surface area contributed by atoms with Crippen LogP contribution in [0.5, 0.6) is 0 Å². The Hall–Kier alpha value is -1.62. The van der Waals surface area contributed by atoms with E-state index in [1.807, 2.05) is 13.0 Å². The molecule has 0 aromatic carbocycles. The summed E-state index contributed by atoms with van der Waals surface area (Å²) in [4.78, 5) is 17.9. The van der Waals surface area contributed by atoms with Crippen LogP contribution in [-0.2, 0) is 6.42 Å². The van der Waals surface area contributed by atoms with Crippen molar-refractivity contribution in [2.45, 2.75) is 39.0 Å². The second kappa shape index (κ2) is 6.02. The van der Waals surface area contributed by atoms with E-state index < -0.39 is 0 Å². The Morgan fingerprint density at radius 1 is 1.42 bits per heavy atom. The van der Waals surface area contributed by atoms with Gasteiger partial charge in [-0.15, -0.1) is 17.9 Å². The number of nitrogens with zero attached hydrogens (tertiary/aromatic N) is 1. The first-order chi connectivity index (χ1) is 9.13. The third-order valence-corrected chi connectivity index (χ3v) is 4.07. The van der Waals surface area contributed by atoms with Gasteiger partial charge < -0.3 is 10.2 Å². The number of unbranched alkanes of at least 4 members (excludes halogenated alkanes) is 3. The SMILES string of the molecule is C=CCCCCCc1nc2sc(C)c(N)c2c(=O)o1. The van der Waals surface area contributed by atoms with E-state index in [0.717, 1.165) is 30.6 Å².